The molecule has 7 nitrogen and oxygen atoms in total. The number of pyridine rings is 1. The second kappa shape index (κ2) is 5.75. The molecule has 4 rings (SSSR count). The van der Waals surface area contributed by atoms with Gasteiger partial charge in [-0.05, 0) is 36.5 Å². The van der Waals surface area contributed by atoms with Crippen LogP contribution in [-0.2, 0) is 13.1 Å². The number of aromatic nitrogens is 4. The lowest BCUT2D eigenvalue weighted by Gasteiger charge is -2.06. The third-order valence-electron chi connectivity index (χ3n) is 3.95. The standard InChI is InChI=1S/C16H18N6O/c23-16(20-14-9-19-22(11-14)10-12-1-2-12)18-8-13-3-5-21-6-4-17-15(21)7-13/h3-7,9,11-12H,1-2,8,10H2,(H2,18,20,23). The van der Waals surface area contributed by atoms with Gasteiger partial charge in [0.2, 0.25) is 0 Å². The van der Waals surface area contributed by atoms with E-state index in [1.54, 1.807) is 12.4 Å². The van der Waals surface area contributed by atoms with E-state index in [4.69, 9.17) is 0 Å². The average molecular weight is 310 g/mol. The third-order valence-corrected chi connectivity index (χ3v) is 3.95. The van der Waals surface area contributed by atoms with Crippen molar-refractivity contribution in [3.63, 3.8) is 0 Å². The van der Waals surface area contributed by atoms with Crippen LogP contribution in [-0.4, -0.2) is 25.2 Å². The highest BCUT2D eigenvalue weighted by Gasteiger charge is 2.22. The van der Waals surface area contributed by atoms with Crippen LogP contribution in [0.5, 0.6) is 0 Å². The number of anilines is 1. The maximum atomic E-state index is 12.0. The first-order chi connectivity index (χ1) is 11.3. The van der Waals surface area contributed by atoms with Gasteiger partial charge in [-0.1, -0.05) is 0 Å². The third kappa shape index (κ3) is 3.33. The highest BCUT2D eigenvalue weighted by atomic mass is 16.2. The summed E-state index contributed by atoms with van der Waals surface area (Å²) in [5, 5.41) is 9.91. The molecule has 1 aliphatic carbocycles. The summed E-state index contributed by atoms with van der Waals surface area (Å²) >= 11 is 0. The number of urea groups is 1. The van der Waals surface area contributed by atoms with Gasteiger partial charge in [-0.25, -0.2) is 9.78 Å². The number of amides is 2. The molecule has 0 atom stereocenters. The number of imidazole rings is 1. The van der Waals surface area contributed by atoms with E-state index in [0.29, 0.717) is 12.2 Å². The van der Waals surface area contributed by atoms with Gasteiger partial charge in [0.15, 0.2) is 0 Å². The molecule has 3 aromatic rings. The largest absolute Gasteiger partial charge is 0.334 e. The van der Waals surface area contributed by atoms with Crippen molar-refractivity contribution < 1.29 is 4.79 Å². The predicted molar refractivity (Wildman–Crippen MR) is 86.0 cm³/mol. The zero-order chi connectivity index (χ0) is 15.6. The second-order valence-electron chi connectivity index (χ2n) is 5.93. The highest BCUT2D eigenvalue weighted by Crippen LogP contribution is 2.30. The van der Waals surface area contributed by atoms with Crippen LogP contribution in [0.4, 0.5) is 10.5 Å². The quantitative estimate of drug-likeness (QED) is 0.759. The molecule has 0 saturated heterocycles. The summed E-state index contributed by atoms with van der Waals surface area (Å²) in [5.41, 5.74) is 2.58. The Kier molecular flexibility index (Phi) is 3.45. The van der Waals surface area contributed by atoms with Crippen molar-refractivity contribution in [2.45, 2.75) is 25.9 Å². The van der Waals surface area contributed by atoms with Gasteiger partial charge in [0.25, 0.3) is 0 Å². The van der Waals surface area contributed by atoms with E-state index >= 15 is 0 Å². The lowest BCUT2D eigenvalue weighted by molar-refractivity contribution is 0.251. The van der Waals surface area contributed by atoms with E-state index in [9.17, 15) is 4.79 Å². The van der Waals surface area contributed by atoms with Crippen LogP contribution in [0.15, 0.2) is 43.1 Å². The minimum absolute atomic E-state index is 0.237. The Bertz CT molecular complexity index is 832. The fourth-order valence-corrected chi connectivity index (χ4v) is 2.51. The van der Waals surface area contributed by atoms with Gasteiger partial charge in [-0.3, -0.25) is 4.68 Å². The minimum Gasteiger partial charge on any atom is -0.334 e. The molecule has 0 aromatic carbocycles. The topological polar surface area (TPSA) is 76.2 Å². The molecule has 2 amide bonds. The summed E-state index contributed by atoms with van der Waals surface area (Å²) in [7, 11) is 0. The van der Waals surface area contributed by atoms with Crippen LogP contribution in [0.1, 0.15) is 18.4 Å². The molecule has 23 heavy (non-hydrogen) atoms. The maximum Gasteiger partial charge on any atom is 0.319 e. The zero-order valence-corrected chi connectivity index (χ0v) is 12.6. The van der Waals surface area contributed by atoms with Crippen molar-refractivity contribution >= 4 is 17.4 Å². The van der Waals surface area contributed by atoms with Crippen LogP contribution in [0.3, 0.4) is 0 Å². The summed E-state index contributed by atoms with van der Waals surface area (Å²) in [6.45, 7) is 1.39. The molecule has 0 unspecified atom stereocenters. The van der Waals surface area contributed by atoms with Crippen molar-refractivity contribution in [1.29, 1.82) is 0 Å². The van der Waals surface area contributed by atoms with Crippen molar-refractivity contribution in [2.24, 2.45) is 5.92 Å². The molecule has 3 heterocycles. The van der Waals surface area contributed by atoms with Crippen molar-refractivity contribution in [3.05, 3.63) is 48.7 Å². The Morgan fingerprint density at radius 2 is 2.26 bits per heavy atom. The predicted octanol–water partition coefficient (Wildman–Crippen LogP) is 2.26. The monoisotopic (exact) mass is 310 g/mol. The highest BCUT2D eigenvalue weighted by molar-refractivity contribution is 5.88. The van der Waals surface area contributed by atoms with Gasteiger partial charge in [-0.15, -0.1) is 0 Å². The summed E-state index contributed by atoms with van der Waals surface area (Å²) in [6, 6.07) is 3.68. The normalized spacial score (nSPS) is 14.1. The molecule has 1 fully saturated rings. The van der Waals surface area contributed by atoms with E-state index in [-0.39, 0.29) is 6.03 Å². The van der Waals surface area contributed by atoms with Crippen molar-refractivity contribution in [1.82, 2.24) is 24.5 Å². The molecule has 0 bridgehead atoms. The molecule has 1 saturated carbocycles. The summed E-state index contributed by atoms with van der Waals surface area (Å²) < 4.78 is 3.82. The zero-order valence-electron chi connectivity index (χ0n) is 12.6. The summed E-state index contributed by atoms with van der Waals surface area (Å²) in [5.74, 6) is 0.758. The molecule has 2 N–H and O–H groups in total. The van der Waals surface area contributed by atoms with E-state index in [1.807, 2.05) is 39.8 Å². The number of hydrogen-bond acceptors (Lipinski definition) is 3. The fraction of sp³-hybridized carbons (Fsp3) is 0.312. The van der Waals surface area contributed by atoms with E-state index in [1.165, 1.54) is 12.8 Å². The Morgan fingerprint density at radius 3 is 3.13 bits per heavy atom. The van der Waals surface area contributed by atoms with Gasteiger partial charge in [-0.2, -0.15) is 5.10 Å². The van der Waals surface area contributed by atoms with Crippen LogP contribution >= 0.6 is 0 Å². The average Bonchev–Trinajstić information content (AvgIpc) is 3.06. The molecule has 0 spiro atoms. The molecule has 7 heteroatoms. The number of nitrogens with zero attached hydrogens (tertiary/aromatic N) is 4. The molecular weight excluding hydrogens is 292 g/mol. The minimum atomic E-state index is -0.237. The van der Waals surface area contributed by atoms with Crippen LogP contribution < -0.4 is 10.6 Å². The van der Waals surface area contributed by atoms with Gasteiger partial charge >= 0.3 is 6.03 Å². The first kappa shape index (κ1) is 13.8. The number of carbonyl (C=O) groups is 1. The fourth-order valence-electron chi connectivity index (χ4n) is 2.51. The molecule has 1 aliphatic rings. The number of rotatable bonds is 5. The lowest BCUT2D eigenvalue weighted by Crippen LogP contribution is -2.28. The van der Waals surface area contributed by atoms with Gasteiger partial charge < -0.3 is 15.0 Å². The van der Waals surface area contributed by atoms with E-state index in [0.717, 1.165) is 23.7 Å². The molecule has 3 aromatic heterocycles. The van der Waals surface area contributed by atoms with Gasteiger partial charge in [0.1, 0.15) is 5.65 Å². The smallest absolute Gasteiger partial charge is 0.319 e. The van der Waals surface area contributed by atoms with Crippen molar-refractivity contribution in [3.8, 4) is 0 Å². The van der Waals surface area contributed by atoms with Crippen LogP contribution in [0.2, 0.25) is 0 Å². The number of fused-ring (bicyclic) bond motifs is 1. The van der Waals surface area contributed by atoms with Crippen LogP contribution in [0.25, 0.3) is 5.65 Å². The van der Waals surface area contributed by atoms with Gasteiger partial charge in [0.05, 0.1) is 11.9 Å². The van der Waals surface area contributed by atoms with E-state index in [2.05, 4.69) is 20.7 Å². The Balaban J connectivity index is 1.31. The van der Waals surface area contributed by atoms with Crippen LogP contribution in [0, 0.1) is 5.92 Å². The first-order valence-corrected chi connectivity index (χ1v) is 7.75. The Hall–Kier alpha value is -2.83. The lowest BCUT2D eigenvalue weighted by atomic mass is 10.2. The molecule has 118 valence electrons. The SMILES string of the molecule is O=C(NCc1ccn2ccnc2c1)Nc1cnn(CC2CC2)c1. The summed E-state index contributed by atoms with van der Waals surface area (Å²) in [4.78, 5) is 16.2. The number of hydrogen-bond donors (Lipinski definition) is 2. The first-order valence-electron chi connectivity index (χ1n) is 7.75. The number of nitrogens with one attached hydrogen (secondary N) is 2. The summed E-state index contributed by atoms with van der Waals surface area (Å²) in [6.07, 6.45) is 11.7. The second-order valence-corrected chi connectivity index (χ2v) is 5.93. The maximum absolute atomic E-state index is 12.0. The Labute approximate surface area is 133 Å². The molecular formula is C16H18N6O. The Morgan fingerprint density at radius 1 is 1.35 bits per heavy atom. The number of carbonyl (C=O) groups excluding carboxylic acids is 1. The molecule has 0 aliphatic heterocycles. The van der Waals surface area contributed by atoms with Gasteiger partial charge in [0, 0.05) is 37.9 Å². The molecule has 0 radical (unpaired) electrons. The van der Waals surface area contributed by atoms with E-state index < -0.39 is 0 Å². The van der Waals surface area contributed by atoms with Crippen molar-refractivity contribution in [2.75, 3.05) is 5.32 Å².